The lowest BCUT2D eigenvalue weighted by molar-refractivity contribution is -0.121. The molecular weight excluding hydrogens is 190 g/mol. The molecule has 4 heteroatoms. The second kappa shape index (κ2) is 3.74. The molecule has 1 aromatic rings. The number of benzene rings is 1. The first kappa shape index (κ1) is 9.73. The van der Waals surface area contributed by atoms with Crippen LogP contribution in [-0.4, -0.2) is 16.4 Å². The first-order valence-corrected chi connectivity index (χ1v) is 4.75. The Morgan fingerprint density at radius 1 is 1.33 bits per heavy atom. The molecule has 0 spiro atoms. The molecule has 0 bridgehead atoms. The normalized spacial score (nSPS) is 18.4. The molecule has 1 aromatic carbocycles. The minimum atomic E-state index is -1.16. The minimum absolute atomic E-state index is 0.782. The number of nitrogens with zero attached hydrogens (tertiary/aromatic N) is 2. The molecule has 1 heterocycles. The fourth-order valence-corrected chi connectivity index (χ4v) is 1.41. The summed E-state index contributed by atoms with van der Waals surface area (Å²) in [4.78, 5) is 0. The van der Waals surface area contributed by atoms with Crippen molar-refractivity contribution >= 4 is 6.21 Å². The molecule has 0 aliphatic carbocycles. The van der Waals surface area contributed by atoms with Crippen LogP contribution >= 0.6 is 0 Å². The van der Waals surface area contributed by atoms with Crippen molar-refractivity contribution in [3.8, 4) is 0 Å². The Hall–Kier alpha value is -1.81. The van der Waals surface area contributed by atoms with Gasteiger partial charge < -0.3 is 5.11 Å². The molecule has 1 aliphatic heterocycles. The maximum Gasteiger partial charge on any atom is 0.197 e. The van der Waals surface area contributed by atoms with Crippen LogP contribution in [0.3, 0.4) is 0 Å². The van der Waals surface area contributed by atoms with Crippen LogP contribution in [0.5, 0.6) is 0 Å². The van der Waals surface area contributed by atoms with Gasteiger partial charge in [0.2, 0.25) is 0 Å². The highest BCUT2D eigenvalue weighted by molar-refractivity contribution is 5.71. The van der Waals surface area contributed by atoms with E-state index in [9.17, 15) is 5.11 Å². The number of hydrazine groups is 1. The summed E-state index contributed by atoms with van der Waals surface area (Å²) in [5.74, 6) is 0. The summed E-state index contributed by atoms with van der Waals surface area (Å²) in [6.07, 6.45) is 5.09. The summed E-state index contributed by atoms with van der Waals surface area (Å²) in [5, 5.41) is 15.8. The molecule has 0 aromatic heterocycles. The van der Waals surface area contributed by atoms with Crippen molar-refractivity contribution in [2.75, 3.05) is 0 Å². The van der Waals surface area contributed by atoms with Crippen molar-refractivity contribution in [1.82, 2.24) is 10.5 Å². The predicted octanol–water partition coefficient (Wildman–Crippen LogP) is 1.17. The van der Waals surface area contributed by atoms with Gasteiger partial charge in [-0.25, -0.2) is 0 Å². The zero-order valence-electron chi connectivity index (χ0n) is 8.46. The van der Waals surface area contributed by atoms with Gasteiger partial charge in [-0.2, -0.15) is 10.2 Å². The zero-order chi connectivity index (χ0) is 10.7. The summed E-state index contributed by atoms with van der Waals surface area (Å²) in [6, 6.07) is 9.39. The average Bonchev–Trinajstić information content (AvgIpc) is 2.31. The minimum Gasteiger partial charge on any atom is -0.364 e. The number of nitrogens with one attached hydrogen (secondary N) is 1. The Balaban J connectivity index is 2.27. The molecule has 0 saturated heterocycles. The Labute approximate surface area is 88.5 Å². The van der Waals surface area contributed by atoms with Crippen molar-refractivity contribution in [3.63, 3.8) is 0 Å². The van der Waals surface area contributed by atoms with Crippen LogP contribution in [0.2, 0.25) is 0 Å². The Kier molecular flexibility index (Phi) is 2.43. The lowest BCUT2D eigenvalue weighted by Gasteiger charge is -2.35. The molecule has 0 radical (unpaired) electrons. The molecule has 1 unspecified atom stereocenters. The number of allylic oxidation sites excluding steroid dienone is 1. The number of hydrazone groups is 1. The topological polar surface area (TPSA) is 47.9 Å². The highest BCUT2D eigenvalue weighted by Crippen LogP contribution is 2.24. The quantitative estimate of drug-likeness (QED) is 0.758. The van der Waals surface area contributed by atoms with Gasteiger partial charge in [-0.15, -0.1) is 0 Å². The Bertz CT molecular complexity index is 384. The van der Waals surface area contributed by atoms with E-state index in [1.165, 1.54) is 5.12 Å². The second-order valence-corrected chi connectivity index (χ2v) is 3.45. The smallest absolute Gasteiger partial charge is 0.197 e. The van der Waals surface area contributed by atoms with E-state index in [-0.39, 0.29) is 0 Å². The maximum absolute atomic E-state index is 10.3. The summed E-state index contributed by atoms with van der Waals surface area (Å²) in [7, 11) is 0. The van der Waals surface area contributed by atoms with Gasteiger partial charge in [0, 0.05) is 11.8 Å². The predicted molar refractivity (Wildman–Crippen MR) is 58.6 cm³/mol. The van der Waals surface area contributed by atoms with Gasteiger partial charge >= 0.3 is 0 Å². The monoisotopic (exact) mass is 203 g/mol. The third kappa shape index (κ3) is 1.85. The Morgan fingerprint density at radius 2 is 2.07 bits per heavy atom. The second-order valence-electron chi connectivity index (χ2n) is 3.45. The van der Waals surface area contributed by atoms with E-state index < -0.39 is 5.72 Å². The van der Waals surface area contributed by atoms with E-state index in [1.807, 2.05) is 30.3 Å². The molecule has 1 aliphatic rings. The van der Waals surface area contributed by atoms with E-state index in [0.29, 0.717) is 0 Å². The maximum atomic E-state index is 10.3. The summed E-state index contributed by atoms with van der Waals surface area (Å²) in [6.45, 7) is 1.69. The largest absolute Gasteiger partial charge is 0.364 e. The van der Waals surface area contributed by atoms with Gasteiger partial charge in [-0.05, 0) is 13.0 Å². The first-order valence-electron chi connectivity index (χ1n) is 4.75. The summed E-state index contributed by atoms with van der Waals surface area (Å²) in [5.41, 5.74) is 2.48. The Morgan fingerprint density at radius 3 is 2.67 bits per heavy atom. The van der Waals surface area contributed by atoms with Gasteiger partial charge in [-0.1, -0.05) is 30.3 Å². The van der Waals surface area contributed by atoms with Crippen LogP contribution in [0.15, 0.2) is 47.7 Å². The molecule has 4 nitrogen and oxygen atoms in total. The van der Waals surface area contributed by atoms with E-state index in [0.717, 1.165) is 5.56 Å². The van der Waals surface area contributed by atoms with Crippen molar-refractivity contribution in [2.45, 2.75) is 12.6 Å². The van der Waals surface area contributed by atoms with Gasteiger partial charge in [0.1, 0.15) is 0 Å². The third-order valence-corrected chi connectivity index (χ3v) is 2.29. The molecule has 15 heavy (non-hydrogen) atoms. The van der Waals surface area contributed by atoms with E-state index in [4.69, 9.17) is 0 Å². The molecule has 0 amide bonds. The molecule has 1 atom stereocenters. The van der Waals surface area contributed by atoms with Crippen LogP contribution in [0.1, 0.15) is 12.5 Å². The molecular formula is C11H13N3O. The van der Waals surface area contributed by atoms with E-state index in [1.54, 1.807) is 25.4 Å². The summed E-state index contributed by atoms with van der Waals surface area (Å²) >= 11 is 0. The number of hydrogen-bond donors (Lipinski definition) is 2. The highest BCUT2D eigenvalue weighted by Gasteiger charge is 2.30. The van der Waals surface area contributed by atoms with E-state index in [2.05, 4.69) is 10.5 Å². The van der Waals surface area contributed by atoms with Crippen molar-refractivity contribution in [2.24, 2.45) is 5.10 Å². The van der Waals surface area contributed by atoms with Gasteiger partial charge in [0.25, 0.3) is 0 Å². The van der Waals surface area contributed by atoms with E-state index >= 15 is 0 Å². The lowest BCUT2D eigenvalue weighted by Crippen LogP contribution is -2.47. The molecule has 0 fully saturated rings. The number of hydrogen-bond acceptors (Lipinski definition) is 4. The third-order valence-electron chi connectivity index (χ3n) is 2.29. The fourth-order valence-electron chi connectivity index (χ4n) is 1.41. The number of rotatable bonds is 2. The van der Waals surface area contributed by atoms with Crippen molar-refractivity contribution in [3.05, 3.63) is 48.2 Å². The van der Waals surface area contributed by atoms with Crippen LogP contribution in [0.4, 0.5) is 0 Å². The zero-order valence-corrected chi connectivity index (χ0v) is 8.46. The SMILES string of the molecule is CC(O)(c1ccccc1)N1N=CC=CN1. The van der Waals surface area contributed by atoms with Gasteiger partial charge in [-0.3, -0.25) is 5.43 Å². The molecule has 2 N–H and O–H groups in total. The highest BCUT2D eigenvalue weighted by atomic mass is 16.3. The van der Waals surface area contributed by atoms with Crippen LogP contribution < -0.4 is 5.43 Å². The summed E-state index contributed by atoms with van der Waals surface area (Å²) < 4.78 is 0. The van der Waals surface area contributed by atoms with Crippen LogP contribution in [0, 0.1) is 0 Å². The molecule has 2 rings (SSSR count). The lowest BCUT2D eigenvalue weighted by atomic mass is 10.1. The molecule has 78 valence electrons. The molecule has 0 saturated carbocycles. The van der Waals surface area contributed by atoms with Crippen molar-refractivity contribution in [1.29, 1.82) is 0 Å². The first-order chi connectivity index (χ1) is 7.21. The standard InChI is InChI=1S/C11H13N3O/c1-11(15,10-6-3-2-4-7-10)14-12-8-5-9-13-14/h2-9,12,15H,1H3. The van der Waals surface area contributed by atoms with Gasteiger partial charge in [0.05, 0.1) is 6.21 Å². The van der Waals surface area contributed by atoms with Crippen LogP contribution in [-0.2, 0) is 5.72 Å². The fraction of sp³-hybridized carbons (Fsp3) is 0.182. The van der Waals surface area contributed by atoms with Crippen molar-refractivity contribution < 1.29 is 5.11 Å². The average molecular weight is 203 g/mol. The van der Waals surface area contributed by atoms with Crippen LogP contribution in [0.25, 0.3) is 0 Å². The van der Waals surface area contributed by atoms with Gasteiger partial charge in [0.15, 0.2) is 5.72 Å². The number of aliphatic hydroxyl groups is 1.